The van der Waals surface area contributed by atoms with E-state index in [9.17, 15) is 8.42 Å². The van der Waals surface area contributed by atoms with Gasteiger partial charge in [-0.3, -0.25) is 0 Å². The third-order valence-corrected chi connectivity index (χ3v) is 5.78. The van der Waals surface area contributed by atoms with Crippen LogP contribution in [-0.4, -0.2) is 52.6 Å². The van der Waals surface area contributed by atoms with Crippen molar-refractivity contribution in [2.75, 3.05) is 33.4 Å². The van der Waals surface area contributed by atoms with Crippen LogP contribution < -0.4 is 4.74 Å². The molecule has 0 N–H and O–H groups in total. The van der Waals surface area contributed by atoms with Gasteiger partial charge < -0.3 is 14.4 Å². The lowest BCUT2D eigenvalue weighted by atomic mass is 10.1. The number of rotatable bonds is 5. The summed E-state index contributed by atoms with van der Waals surface area (Å²) in [6, 6.07) is 14.3. The summed E-state index contributed by atoms with van der Waals surface area (Å²) in [5, 5.41) is 0. The molecule has 0 spiro atoms. The standard InChI is InChI=1S/C20H24N2O4S/c1-16-7-9-18(10-8-16)27(23,24)21-20(22-11-13-26-14-12-22)15-17-5-3-4-6-19(17)25-2/h3-10H,11-15H2,1-2H3/b21-20+. The Morgan fingerprint density at radius 2 is 1.78 bits per heavy atom. The summed E-state index contributed by atoms with van der Waals surface area (Å²) in [7, 11) is -2.20. The highest BCUT2D eigenvalue weighted by Gasteiger charge is 2.21. The first-order chi connectivity index (χ1) is 13.0. The quantitative estimate of drug-likeness (QED) is 0.582. The molecule has 1 aliphatic rings. The fraction of sp³-hybridized carbons (Fsp3) is 0.350. The molecule has 27 heavy (non-hydrogen) atoms. The van der Waals surface area contributed by atoms with E-state index >= 15 is 0 Å². The van der Waals surface area contributed by atoms with Gasteiger partial charge in [-0.1, -0.05) is 35.9 Å². The summed E-state index contributed by atoms with van der Waals surface area (Å²) in [5.41, 5.74) is 1.89. The minimum absolute atomic E-state index is 0.193. The molecule has 0 aliphatic carbocycles. The maximum atomic E-state index is 12.9. The van der Waals surface area contributed by atoms with Gasteiger partial charge in [0.05, 0.1) is 25.2 Å². The van der Waals surface area contributed by atoms with Crippen molar-refractivity contribution in [3.63, 3.8) is 0 Å². The van der Waals surface area contributed by atoms with E-state index in [4.69, 9.17) is 9.47 Å². The van der Waals surface area contributed by atoms with Gasteiger partial charge in [0.1, 0.15) is 11.6 Å². The lowest BCUT2D eigenvalue weighted by Crippen LogP contribution is -2.42. The number of para-hydroxylation sites is 1. The van der Waals surface area contributed by atoms with E-state index in [1.807, 2.05) is 36.1 Å². The number of nitrogens with zero attached hydrogens (tertiary/aromatic N) is 2. The molecule has 0 saturated carbocycles. The number of methoxy groups -OCH3 is 1. The minimum Gasteiger partial charge on any atom is -0.496 e. The van der Waals surface area contributed by atoms with Gasteiger partial charge in [-0.05, 0) is 25.1 Å². The Kier molecular flexibility index (Phi) is 6.13. The van der Waals surface area contributed by atoms with Gasteiger partial charge in [-0.2, -0.15) is 8.42 Å². The number of hydrogen-bond acceptors (Lipinski definition) is 4. The average molecular weight is 388 g/mol. The number of sulfonamides is 1. The van der Waals surface area contributed by atoms with Crippen molar-refractivity contribution < 1.29 is 17.9 Å². The van der Waals surface area contributed by atoms with Crippen molar-refractivity contribution >= 4 is 15.9 Å². The SMILES string of the molecule is COc1ccccc1C/C(=N\S(=O)(=O)c1ccc(C)cc1)N1CCOCC1. The predicted octanol–water partition coefficient (Wildman–Crippen LogP) is 2.67. The maximum Gasteiger partial charge on any atom is 0.283 e. The Morgan fingerprint density at radius 1 is 1.11 bits per heavy atom. The molecule has 6 nitrogen and oxygen atoms in total. The molecule has 1 heterocycles. The zero-order valence-corrected chi connectivity index (χ0v) is 16.4. The fourth-order valence-electron chi connectivity index (χ4n) is 2.94. The maximum absolute atomic E-state index is 12.9. The first-order valence-electron chi connectivity index (χ1n) is 8.85. The Bertz CT molecular complexity index is 902. The van der Waals surface area contributed by atoms with Crippen LogP contribution in [0.1, 0.15) is 11.1 Å². The molecule has 2 aromatic rings. The summed E-state index contributed by atoms with van der Waals surface area (Å²) >= 11 is 0. The van der Waals surface area contributed by atoms with E-state index in [2.05, 4.69) is 4.40 Å². The Balaban J connectivity index is 1.98. The molecule has 1 aliphatic heterocycles. The van der Waals surface area contributed by atoms with Gasteiger partial charge in [0, 0.05) is 25.1 Å². The molecule has 0 amide bonds. The highest BCUT2D eigenvalue weighted by Crippen LogP contribution is 2.21. The van der Waals surface area contributed by atoms with Crippen molar-refractivity contribution in [1.82, 2.24) is 4.90 Å². The molecule has 3 rings (SSSR count). The van der Waals surface area contributed by atoms with E-state index in [-0.39, 0.29) is 4.90 Å². The lowest BCUT2D eigenvalue weighted by molar-refractivity contribution is 0.0675. The summed E-state index contributed by atoms with van der Waals surface area (Å²) in [6.07, 6.45) is 0.370. The van der Waals surface area contributed by atoms with E-state index in [0.29, 0.717) is 44.3 Å². The summed E-state index contributed by atoms with van der Waals surface area (Å²) in [6.45, 7) is 4.24. The van der Waals surface area contributed by atoms with E-state index in [0.717, 1.165) is 11.1 Å². The van der Waals surface area contributed by atoms with Crippen LogP contribution in [0.2, 0.25) is 0 Å². The van der Waals surface area contributed by atoms with Crippen LogP contribution in [0.25, 0.3) is 0 Å². The summed E-state index contributed by atoms with van der Waals surface area (Å²) < 4.78 is 40.8. The molecule has 1 saturated heterocycles. The normalized spacial score (nSPS) is 15.6. The van der Waals surface area contributed by atoms with Gasteiger partial charge >= 0.3 is 0 Å². The van der Waals surface area contributed by atoms with E-state index in [1.54, 1.807) is 31.4 Å². The molecule has 0 aromatic heterocycles. The van der Waals surface area contributed by atoms with E-state index < -0.39 is 10.0 Å². The van der Waals surface area contributed by atoms with Crippen LogP contribution in [0, 0.1) is 6.92 Å². The van der Waals surface area contributed by atoms with Crippen LogP contribution >= 0.6 is 0 Å². The molecular weight excluding hydrogens is 364 g/mol. The molecule has 2 aromatic carbocycles. The third-order valence-electron chi connectivity index (χ3n) is 4.46. The van der Waals surface area contributed by atoms with Crippen molar-refractivity contribution in [2.24, 2.45) is 4.40 Å². The second-order valence-electron chi connectivity index (χ2n) is 6.38. The first-order valence-corrected chi connectivity index (χ1v) is 10.3. The highest BCUT2D eigenvalue weighted by atomic mass is 32.2. The van der Waals surface area contributed by atoms with Crippen LogP contribution in [0.5, 0.6) is 5.75 Å². The number of benzene rings is 2. The summed E-state index contributed by atoms with van der Waals surface area (Å²) in [5.74, 6) is 1.22. The topological polar surface area (TPSA) is 68.2 Å². The second kappa shape index (κ2) is 8.54. The predicted molar refractivity (Wildman–Crippen MR) is 105 cm³/mol. The summed E-state index contributed by atoms with van der Waals surface area (Å²) in [4.78, 5) is 2.17. The Hall–Kier alpha value is -2.38. The Morgan fingerprint density at radius 3 is 2.44 bits per heavy atom. The van der Waals surface area contributed by atoms with Gasteiger partial charge in [0.25, 0.3) is 10.0 Å². The average Bonchev–Trinajstić information content (AvgIpc) is 2.69. The number of amidine groups is 1. The molecular formula is C20H24N2O4S. The largest absolute Gasteiger partial charge is 0.496 e. The molecule has 7 heteroatoms. The zero-order chi connectivity index (χ0) is 19.3. The third kappa shape index (κ3) is 4.87. The molecule has 0 atom stereocenters. The molecule has 0 radical (unpaired) electrons. The molecule has 1 fully saturated rings. The zero-order valence-electron chi connectivity index (χ0n) is 15.6. The molecule has 0 unspecified atom stereocenters. The Labute approximate surface area is 160 Å². The van der Waals surface area contributed by atoms with Gasteiger partial charge in [0.2, 0.25) is 0 Å². The minimum atomic E-state index is -3.80. The van der Waals surface area contributed by atoms with Crippen molar-refractivity contribution in [1.29, 1.82) is 0 Å². The molecule has 0 bridgehead atoms. The number of hydrogen-bond donors (Lipinski definition) is 0. The first kappa shape index (κ1) is 19.4. The monoisotopic (exact) mass is 388 g/mol. The number of aryl methyl sites for hydroxylation is 1. The number of ether oxygens (including phenoxy) is 2. The fourth-order valence-corrected chi connectivity index (χ4v) is 3.99. The van der Waals surface area contributed by atoms with Crippen LogP contribution in [0.15, 0.2) is 57.8 Å². The van der Waals surface area contributed by atoms with Crippen LogP contribution in [-0.2, 0) is 21.2 Å². The van der Waals surface area contributed by atoms with E-state index in [1.165, 1.54) is 0 Å². The van der Waals surface area contributed by atoms with Crippen molar-refractivity contribution in [3.8, 4) is 5.75 Å². The highest BCUT2D eigenvalue weighted by molar-refractivity contribution is 7.90. The van der Waals surface area contributed by atoms with Crippen LogP contribution in [0.4, 0.5) is 0 Å². The van der Waals surface area contributed by atoms with Gasteiger partial charge in [0.15, 0.2) is 0 Å². The van der Waals surface area contributed by atoms with Gasteiger partial charge in [-0.15, -0.1) is 4.40 Å². The molecule has 144 valence electrons. The van der Waals surface area contributed by atoms with Gasteiger partial charge in [-0.25, -0.2) is 0 Å². The van der Waals surface area contributed by atoms with Crippen molar-refractivity contribution in [3.05, 3.63) is 59.7 Å². The van der Waals surface area contributed by atoms with Crippen LogP contribution in [0.3, 0.4) is 0 Å². The second-order valence-corrected chi connectivity index (χ2v) is 7.99. The smallest absolute Gasteiger partial charge is 0.283 e. The van der Waals surface area contributed by atoms with Crippen molar-refractivity contribution in [2.45, 2.75) is 18.2 Å². The lowest BCUT2D eigenvalue weighted by Gasteiger charge is -2.30. The number of morpholine rings is 1.